The molecule has 1 N–H and O–H groups in total. The number of hydrogen-bond acceptors (Lipinski definition) is 6. The number of nitrogens with one attached hydrogen (secondary N) is 1. The van der Waals surface area contributed by atoms with E-state index in [2.05, 4.69) is 64.4 Å². The van der Waals surface area contributed by atoms with Gasteiger partial charge in [-0.2, -0.15) is 0 Å². The van der Waals surface area contributed by atoms with Crippen LogP contribution in [0.5, 0.6) is 5.75 Å². The predicted octanol–water partition coefficient (Wildman–Crippen LogP) is 3.01. The number of aryl methyl sites for hydroxylation is 1. The minimum atomic E-state index is 0.0567. The molecular formula is C32H47N5O3. The van der Waals surface area contributed by atoms with Crippen LogP contribution in [0.4, 0.5) is 0 Å². The fourth-order valence-electron chi connectivity index (χ4n) is 5.35. The molecule has 0 spiro atoms. The van der Waals surface area contributed by atoms with Crippen LogP contribution in [0.3, 0.4) is 0 Å². The Bertz CT molecular complexity index is 1070. The number of piperazine rings is 1. The molecule has 4 rings (SSSR count). The highest BCUT2D eigenvalue weighted by Crippen LogP contribution is 2.25. The molecule has 0 aromatic heterocycles. The van der Waals surface area contributed by atoms with Crippen molar-refractivity contribution in [2.75, 3.05) is 73.1 Å². The van der Waals surface area contributed by atoms with E-state index in [0.29, 0.717) is 45.6 Å². The number of carbonyl (C=O) groups excluding carboxylic acids is 2. The minimum Gasteiger partial charge on any atom is -0.493 e. The number of benzene rings is 2. The van der Waals surface area contributed by atoms with Crippen molar-refractivity contribution in [1.29, 1.82) is 0 Å². The molecule has 0 bridgehead atoms. The van der Waals surface area contributed by atoms with Gasteiger partial charge in [0.2, 0.25) is 11.8 Å². The summed E-state index contributed by atoms with van der Waals surface area (Å²) in [5.74, 6) is 1.16. The first-order valence-corrected chi connectivity index (χ1v) is 14.9. The van der Waals surface area contributed by atoms with E-state index >= 15 is 0 Å². The number of rotatable bonds is 8. The van der Waals surface area contributed by atoms with Crippen LogP contribution in [0.25, 0.3) is 0 Å². The van der Waals surface area contributed by atoms with Gasteiger partial charge in [0.15, 0.2) is 0 Å². The fourth-order valence-corrected chi connectivity index (χ4v) is 5.35. The van der Waals surface area contributed by atoms with Gasteiger partial charge in [-0.3, -0.25) is 19.4 Å². The highest BCUT2D eigenvalue weighted by Gasteiger charge is 2.21. The minimum absolute atomic E-state index is 0.0567. The maximum Gasteiger partial charge on any atom is 0.234 e. The summed E-state index contributed by atoms with van der Waals surface area (Å²) in [7, 11) is 4.20. The van der Waals surface area contributed by atoms with Gasteiger partial charge >= 0.3 is 0 Å². The van der Waals surface area contributed by atoms with Crippen molar-refractivity contribution in [2.24, 2.45) is 0 Å². The first-order chi connectivity index (χ1) is 19.5. The van der Waals surface area contributed by atoms with Crippen molar-refractivity contribution in [3.8, 4) is 5.75 Å². The second-order valence-electron chi connectivity index (χ2n) is 11.4. The third-order valence-corrected chi connectivity index (χ3v) is 7.75. The average Bonchev–Trinajstić information content (AvgIpc) is 2.97. The van der Waals surface area contributed by atoms with Crippen molar-refractivity contribution in [3.63, 3.8) is 0 Å². The van der Waals surface area contributed by atoms with E-state index in [9.17, 15) is 9.59 Å². The van der Waals surface area contributed by atoms with Gasteiger partial charge in [-0.05, 0) is 57.0 Å². The van der Waals surface area contributed by atoms with E-state index in [0.717, 1.165) is 75.4 Å². The van der Waals surface area contributed by atoms with E-state index in [1.807, 2.05) is 23.1 Å². The molecule has 2 aliphatic heterocycles. The Morgan fingerprint density at radius 1 is 0.925 bits per heavy atom. The molecule has 1 saturated heterocycles. The largest absolute Gasteiger partial charge is 0.493 e. The summed E-state index contributed by atoms with van der Waals surface area (Å²) in [6.45, 7) is 8.58. The van der Waals surface area contributed by atoms with E-state index in [-0.39, 0.29) is 11.8 Å². The van der Waals surface area contributed by atoms with Gasteiger partial charge in [0.05, 0.1) is 13.2 Å². The summed E-state index contributed by atoms with van der Waals surface area (Å²) in [6, 6.07) is 16.6. The molecule has 0 aliphatic carbocycles. The normalized spacial score (nSPS) is 18.2. The third-order valence-electron chi connectivity index (χ3n) is 7.75. The molecule has 2 aromatic carbocycles. The monoisotopic (exact) mass is 549 g/mol. The highest BCUT2D eigenvalue weighted by molar-refractivity contribution is 5.78. The van der Waals surface area contributed by atoms with Crippen molar-refractivity contribution in [2.45, 2.75) is 45.2 Å². The van der Waals surface area contributed by atoms with Crippen LogP contribution in [0, 0.1) is 0 Å². The van der Waals surface area contributed by atoms with E-state index in [1.165, 1.54) is 5.56 Å². The Balaban J connectivity index is 1.40. The molecule has 2 amide bonds. The number of fused-ring (bicyclic) bond motifs is 1. The summed E-state index contributed by atoms with van der Waals surface area (Å²) in [5.41, 5.74) is 3.38. The van der Waals surface area contributed by atoms with Crippen LogP contribution in [0.2, 0.25) is 0 Å². The molecule has 8 nitrogen and oxygen atoms in total. The molecule has 40 heavy (non-hydrogen) atoms. The lowest BCUT2D eigenvalue weighted by Crippen LogP contribution is -2.50. The SMILES string of the molecule is CN(C)CCN1CCN(C(=O)CCc2ccc3c(c2)CN(Cc2ccccc2)CC(=O)NCCCCCO3)CC1. The Hall–Kier alpha value is -2.94. The Morgan fingerprint density at radius 2 is 1.73 bits per heavy atom. The number of likely N-dealkylation sites (N-methyl/N-ethyl adjacent to an activating group) is 1. The number of carbonyl (C=O) groups is 2. The summed E-state index contributed by atoms with van der Waals surface area (Å²) in [6.07, 6.45) is 4.15. The summed E-state index contributed by atoms with van der Waals surface area (Å²) in [4.78, 5) is 34.6. The lowest BCUT2D eigenvalue weighted by Gasteiger charge is -2.35. The average molecular weight is 550 g/mol. The van der Waals surface area contributed by atoms with Crippen molar-refractivity contribution in [1.82, 2.24) is 24.9 Å². The Labute approximate surface area is 240 Å². The van der Waals surface area contributed by atoms with Gasteiger partial charge in [0.25, 0.3) is 0 Å². The second kappa shape index (κ2) is 15.7. The smallest absolute Gasteiger partial charge is 0.234 e. The second-order valence-corrected chi connectivity index (χ2v) is 11.4. The zero-order chi connectivity index (χ0) is 28.2. The summed E-state index contributed by atoms with van der Waals surface area (Å²) >= 11 is 0. The Morgan fingerprint density at radius 3 is 2.50 bits per heavy atom. The van der Waals surface area contributed by atoms with Crippen LogP contribution in [0.1, 0.15) is 42.4 Å². The topological polar surface area (TPSA) is 68.4 Å². The predicted molar refractivity (Wildman–Crippen MR) is 159 cm³/mol. The molecule has 0 atom stereocenters. The van der Waals surface area contributed by atoms with Gasteiger partial charge in [-0.15, -0.1) is 0 Å². The Kier molecular flexibility index (Phi) is 11.8. The molecule has 1 fully saturated rings. The summed E-state index contributed by atoms with van der Waals surface area (Å²) < 4.78 is 6.23. The zero-order valence-corrected chi connectivity index (χ0v) is 24.4. The summed E-state index contributed by atoms with van der Waals surface area (Å²) in [5, 5.41) is 3.08. The van der Waals surface area contributed by atoms with Crippen LogP contribution in [-0.2, 0) is 29.1 Å². The van der Waals surface area contributed by atoms with Crippen LogP contribution < -0.4 is 10.1 Å². The van der Waals surface area contributed by atoms with Gasteiger partial charge < -0.3 is 19.9 Å². The zero-order valence-electron chi connectivity index (χ0n) is 24.4. The lowest BCUT2D eigenvalue weighted by molar-refractivity contribution is -0.133. The van der Waals surface area contributed by atoms with E-state index < -0.39 is 0 Å². The highest BCUT2D eigenvalue weighted by atomic mass is 16.5. The maximum atomic E-state index is 13.0. The molecule has 2 aromatic rings. The number of nitrogens with zero attached hydrogens (tertiary/aromatic N) is 4. The van der Waals surface area contributed by atoms with Crippen molar-refractivity contribution in [3.05, 3.63) is 65.2 Å². The van der Waals surface area contributed by atoms with Crippen LogP contribution in [0.15, 0.2) is 48.5 Å². The molecule has 0 radical (unpaired) electrons. The van der Waals surface area contributed by atoms with Crippen LogP contribution in [-0.4, -0.2) is 104 Å². The number of amides is 2. The molecule has 2 heterocycles. The van der Waals surface area contributed by atoms with Crippen molar-refractivity contribution >= 4 is 11.8 Å². The maximum absolute atomic E-state index is 13.0. The first kappa shape index (κ1) is 30.0. The lowest BCUT2D eigenvalue weighted by atomic mass is 10.0. The van der Waals surface area contributed by atoms with E-state index in [4.69, 9.17) is 4.74 Å². The first-order valence-electron chi connectivity index (χ1n) is 14.9. The quantitative estimate of drug-likeness (QED) is 0.546. The molecule has 2 aliphatic rings. The molecule has 218 valence electrons. The molecule has 0 unspecified atom stereocenters. The third kappa shape index (κ3) is 9.91. The standard InChI is InChI=1S/C32H47N5O3/c1-34(2)16-17-35-18-20-37(21-19-35)32(39)14-12-27-11-13-30-29(23-27)25-36(24-28-9-5-3-6-10-28)26-31(38)33-15-7-4-8-22-40-30/h3,5-6,9-11,13,23H,4,7-8,12,14-22,24-26H2,1-2H3,(H,33,38). The molecular weight excluding hydrogens is 502 g/mol. The van der Waals surface area contributed by atoms with Gasteiger partial charge in [-0.1, -0.05) is 42.5 Å². The number of hydrogen-bond donors (Lipinski definition) is 1. The fraction of sp³-hybridized carbons (Fsp3) is 0.562. The van der Waals surface area contributed by atoms with Crippen molar-refractivity contribution < 1.29 is 14.3 Å². The van der Waals surface area contributed by atoms with Gasteiger partial charge in [0.1, 0.15) is 5.75 Å². The number of ether oxygens (including phenoxy) is 1. The van der Waals surface area contributed by atoms with Crippen LogP contribution >= 0.6 is 0 Å². The van der Waals surface area contributed by atoms with Gasteiger partial charge in [-0.25, -0.2) is 0 Å². The van der Waals surface area contributed by atoms with E-state index in [1.54, 1.807) is 0 Å². The van der Waals surface area contributed by atoms with Gasteiger partial charge in [0, 0.05) is 70.9 Å². The molecule has 8 heteroatoms. The molecule has 0 saturated carbocycles.